The van der Waals surface area contributed by atoms with Crippen LogP contribution >= 0.6 is 0 Å². The maximum Gasteiger partial charge on any atom is 0.193 e. The third-order valence-corrected chi connectivity index (χ3v) is 5.12. The second-order valence-corrected chi connectivity index (χ2v) is 6.89. The van der Waals surface area contributed by atoms with Crippen molar-refractivity contribution in [1.82, 2.24) is 0 Å². The molecule has 148 valence electrons. The summed E-state index contributed by atoms with van der Waals surface area (Å²) in [6.07, 6.45) is 0. The molecule has 0 spiro atoms. The summed E-state index contributed by atoms with van der Waals surface area (Å²) in [5.74, 6) is 1.27. The summed E-state index contributed by atoms with van der Waals surface area (Å²) in [6.45, 7) is 0. The van der Waals surface area contributed by atoms with Gasteiger partial charge >= 0.3 is 0 Å². The fraction of sp³-hybridized carbons (Fsp3) is 0.0741. The molecule has 0 radical (unpaired) electrons. The van der Waals surface area contributed by atoms with Gasteiger partial charge in [-0.15, -0.1) is 0 Å². The van der Waals surface area contributed by atoms with Crippen LogP contribution in [-0.2, 0) is 0 Å². The van der Waals surface area contributed by atoms with Gasteiger partial charge in [0.2, 0.25) is 0 Å². The quantitative estimate of drug-likeness (QED) is 0.362. The third kappa shape index (κ3) is 3.83. The van der Waals surface area contributed by atoms with Gasteiger partial charge in [-0.2, -0.15) is 0 Å². The first-order chi connectivity index (χ1) is 14.7. The standard InChI is InChI=1S/C27H22O3/c1-29-25-17-16-22(18-26(25)30-2)23-10-6-7-11-24(23)27(28)21-14-12-20(13-15-21)19-8-4-3-5-9-19/h3-18H,1-2H3. The van der Waals surface area contributed by atoms with E-state index in [1.165, 1.54) is 0 Å². The smallest absolute Gasteiger partial charge is 0.193 e. The highest BCUT2D eigenvalue weighted by molar-refractivity contribution is 6.13. The van der Waals surface area contributed by atoms with Gasteiger partial charge in [-0.3, -0.25) is 4.79 Å². The summed E-state index contributed by atoms with van der Waals surface area (Å²) < 4.78 is 10.8. The molecule has 4 aromatic carbocycles. The van der Waals surface area contributed by atoms with Gasteiger partial charge in [0.25, 0.3) is 0 Å². The topological polar surface area (TPSA) is 35.5 Å². The first-order valence-electron chi connectivity index (χ1n) is 9.73. The van der Waals surface area contributed by atoms with Gasteiger partial charge in [-0.05, 0) is 34.4 Å². The molecule has 0 aliphatic rings. The number of benzene rings is 4. The molecule has 0 saturated carbocycles. The van der Waals surface area contributed by atoms with E-state index >= 15 is 0 Å². The molecule has 3 heteroatoms. The van der Waals surface area contributed by atoms with Gasteiger partial charge < -0.3 is 9.47 Å². The molecule has 4 aromatic rings. The van der Waals surface area contributed by atoms with Crippen LogP contribution in [0.25, 0.3) is 22.3 Å². The van der Waals surface area contributed by atoms with Crippen molar-refractivity contribution in [2.24, 2.45) is 0 Å². The van der Waals surface area contributed by atoms with Crippen LogP contribution in [0.5, 0.6) is 11.5 Å². The van der Waals surface area contributed by atoms with Crippen molar-refractivity contribution in [3.05, 3.63) is 108 Å². The maximum absolute atomic E-state index is 13.3. The van der Waals surface area contributed by atoms with Gasteiger partial charge in [0.15, 0.2) is 17.3 Å². The van der Waals surface area contributed by atoms with Crippen molar-refractivity contribution in [3.63, 3.8) is 0 Å². The molecule has 0 heterocycles. The zero-order chi connectivity index (χ0) is 20.9. The van der Waals surface area contributed by atoms with Crippen LogP contribution < -0.4 is 9.47 Å². The lowest BCUT2D eigenvalue weighted by atomic mass is 9.93. The second kappa shape index (κ2) is 8.66. The van der Waals surface area contributed by atoms with E-state index in [0.29, 0.717) is 22.6 Å². The second-order valence-electron chi connectivity index (χ2n) is 6.89. The zero-order valence-electron chi connectivity index (χ0n) is 17.0. The first-order valence-corrected chi connectivity index (χ1v) is 9.73. The molecule has 30 heavy (non-hydrogen) atoms. The average molecular weight is 394 g/mol. The number of carbonyl (C=O) groups is 1. The molecule has 4 rings (SSSR count). The first kappa shape index (κ1) is 19.5. The number of ketones is 1. The van der Waals surface area contributed by atoms with Crippen LogP contribution in [0.2, 0.25) is 0 Å². The number of ether oxygens (including phenoxy) is 2. The minimum Gasteiger partial charge on any atom is -0.493 e. The number of hydrogen-bond donors (Lipinski definition) is 0. The van der Waals surface area contributed by atoms with E-state index in [4.69, 9.17) is 9.47 Å². The van der Waals surface area contributed by atoms with Crippen molar-refractivity contribution < 1.29 is 14.3 Å². The summed E-state index contributed by atoms with van der Waals surface area (Å²) >= 11 is 0. The minimum absolute atomic E-state index is 0.0139. The minimum atomic E-state index is -0.0139. The van der Waals surface area contributed by atoms with Gasteiger partial charge in [-0.1, -0.05) is 84.9 Å². The Morgan fingerprint density at radius 1 is 0.600 bits per heavy atom. The Kier molecular flexibility index (Phi) is 5.62. The molecule has 3 nitrogen and oxygen atoms in total. The van der Waals surface area contributed by atoms with Crippen LogP contribution in [-0.4, -0.2) is 20.0 Å². The normalized spacial score (nSPS) is 10.5. The van der Waals surface area contributed by atoms with Crippen LogP contribution in [0, 0.1) is 0 Å². The molecule has 0 aromatic heterocycles. The molecule has 0 aliphatic carbocycles. The highest BCUT2D eigenvalue weighted by Crippen LogP contribution is 2.34. The predicted octanol–water partition coefficient (Wildman–Crippen LogP) is 6.27. The van der Waals surface area contributed by atoms with Crippen LogP contribution in [0.3, 0.4) is 0 Å². The fourth-order valence-corrected chi connectivity index (χ4v) is 3.54. The molecule has 0 saturated heterocycles. The van der Waals surface area contributed by atoms with Crippen molar-refractivity contribution >= 4 is 5.78 Å². The average Bonchev–Trinajstić information content (AvgIpc) is 2.83. The molecule has 0 amide bonds. The van der Waals surface area contributed by atoms with Gasteiger partial charge in [0.1, 0.15) is 0 Å². The van der Waals surface area contributed by atoms with Crippen molar-refractivity contribution in [2.45, 2.75) is 0 Å². The Morgan fingerprint density at radius 3 is 1.90 bits per heavy atom. The number of methoxy groups -OCH3 is 2. The summed E-state index contributed by atoms with van der Waals surface area (Å²) in [5.41, 5.74) is 5.27. The van der Waals surface area contributed by atoms with E-state index in [1.807, 2.05) is 84.9 Å². The predicted molar refractivity (Wildman–Crippen MR) is 120 cm³/mol. The Balaban J connectivity index is 1.69. The van der Waals surface area contributed by atoms with E-state index in [9.17, 15) is 4.79 Å². The highest BCUT2D eigenvalue weighted by Gasteiger charge is 2.16. The Bertz CT molecular complexity index is 1160. The van der Waals surface area contributed by atoms with E-state index in [0.717, 1.165) is 22.3 Å². The number of rotatable bonds is 6. The monoisotopic (exact) mass is 394 g/mol. The van der Waals surface area contributed by atoms with Gasteiger partial charge in [0.05, 0.1) is 14.2 Å². The Labute approximate surface area is 176 Å². The molecule has 0 bridgehead atoms. The lowest BCUT2D eigenvalue weighted by Crippen LogP contribution is -2.03. The van der Waals surface area contributed by atoms with Gasteiger partial charge in [-0.25, -0.2) is 0 Å². The van der Waals surface area contributed by atoms with Crippen molar-refractivity contribution in [3.8, 4) is 33.8 Å². The summed E-state index contributed by atoms with van der Waals surface area (Å²) in [4.78, 5) is 13.3. The van der Waals surface area contributed by atoms with E-state index in [1.54, 1.807) is 14.2 Å². The molecular formula is C27H22O3. The van der Waals surface area contributed by atoms with Crippen molar-refractivity contribution in [2.75, 3.05) is 14.2 Å². The molecule has 0 aliphatic heterocycles. The van der Waals surface area contributed by atoms with Crippen molar-refractivity contribution in [1.29, 1.82) is 0 Å². The van der Waals surface area contributed by atoms with Crippen LogP contribution in [0.1, 0.15) is 15.9 Å². The lowest BCUT2D eigenvalue weighted by Gasteiger charge is -2.13. The zero-order valence-corrected chi connectivity index (χ0v) is 17.0. The lowest BCUT2D eigenvalue weighted by molar-refractivity contribution is 0.103. The maximum atomic E-state index is 13.3. The molecule has 0 atom stereocenters. The van der Waals surface area contributed by atoms with E-state index in [-0.39, 0.29) is 5.78 Å². The molecular weight excluding hydrogens is 372 g/mol. The van der Waals surface area contributed by atoms with E-state index < -0.39 is 0 Å². The highest BCUT2D eigenvalue weighted by atomic mass is 16.5. The SMILES string of the molecule is COc1ccc(-c2ccccc2C(=O)c2ccc(-c3ccccc3)cc2)cc1OC. The number of hydrogen-bond acceptors (Lipinski definition) is 3. The third-order valence-electron chi connectivity index (χ3n) is 5.12. The van der Waals surface area contributed by atoms with Crippen LogP contribution in [0.15, 0.2) is 97.1 Å². The largest absolute Gasteiger partial charge is 0.493 e. The Morgan fingerprint density at radius 2 is 1.20 bits per heavy atom. The fourth-order valence-electron chi connectivity index (χ4n) is 3.54. The van der Waals surface area contributed by atoms with E-state index in [2.05, 4.69) is 12.1 Å². The molecule has 0 unspecified atom stereocenters. The Hall–Kier alpha value is -3.85. The van der Waals surface area contributed by atoms with Crippen LogP contribution in [0.4, 0.5) is 0 Å². The molecule has 0 fully saturated rings. The summed E-state index contributed by atoms with van der Waals surface area (Å²) in [6, 6.07) is 31.2. The molecule has 0 N–H and O–H groups in total. The van der Waals surface area contributed by atoms with Gasteiger partial charge in [0, 0.05) is 11.1 Å². The summed E-state index contributed by atoms with van der Waals surface area (Å²) in [7, 11) is 3.21. The number of carbonyl (C=O) groups excluding carboxylic acids is 1. The summed E-state index contributed by atoms with van der Waals surface area (Å²) in [5, 5.41) is 0.